The van der Waals surface area contributed by atoms with E-state index in [1.807, 2.05) is 11.0 Å². The lowest BCUT2D eigenvalue weighted by molar-refractivity contribution is -0.130. The summed E-state index contributed by atoms with van der Waals surface area (Å²) in [7, 11) is 0. The monoisotopic (exact) mass is 288 g/mol. The quantitative estimate of drug-likeness (QED) is 0.776. The van der Waals surface area contributed by atoms with E-state index >= 15 is 0 Å². The molecule has 0 spiro atoms. The summed E-state index contributed by atoms with van der Waals surface area (Å²) in [5.41, 5.74) is 13.3. The summed E-state index contributed by atoms with van der Waals surface area (Å²) in [4.78, 5) is 27.1. The van der Waals surface area contributed by atoms with Crippen molar-refractivity contribution in [1.82, 2.24) is 9.80 Å². The number of fused-ring (bicyclic) bond motifs is 1. The molecular weight excluding hydrogens is 268 g/mol. The molecule has 2 aliphatic heterocycles. The van der Waals surface area contributed by atoms with Gasteiger partial charge in [-0.2, -0.15) is 0 Å². The Kier molecular flexibility index (Phi) is 3.55. The SMILES string of the molecule is NC(=O)c1ccc(CN2CCN3C(=O)CCC3C2)c(N)c1. The van der Waals surface area contributed by atoms with Crippen molar-refractivity contribution in [2.24, 2.45) is 5.73 Å². The van der Waals surface area contributed by atoms with Crippen LogP contribution in [-0.4, -0.2) is 47.3 Å². The maximum absolute atomic E-state index is 11.7. The Morgan fingerprint density at radius 1 is 1.33 bits per heavy atom. The number of carbonyl (C=O) groups is 2. The summed E-state index contributed by atoms with van der Waals surface area (Å²) < 4.78 is 0. The number of amides is 2. The maximum Gasteiger partial charge on any atom is 0.248 e. The maximum atomic E-state index is 11.7. The van der Waals surface area contributed by atoms with Crippen molar-refractivity contribution in [2.75, 3.05) is 25.4 Å². The molecule has 1 aromatic carbocycles. The van der Waals surface area contributed by atoms with E-state index in [2.05, 4.69) is 4.90 Å². The van der Waals surface area contributed by atoms with Gasteiger partial charge in [0.05, 0.1) is 0 Å². The smallest absolute Gasteiger partial charge is 0.248 e. The van der Waals surface area contributed by atoms with Crippen molar-refractivity contribution in [3.63, 3.8) is 0 Å². The van der Waals surface area contributed by atoms with Gasteiger partial charge >= 0.3 is 0 Å². The minimum Gasteiger partial charge on any atom is -0.398 e. The fraction of sp³-hybridized carbons (Fsp3) is 0.467. The van der Waals surface area contributed by atoms with Crippen LogP contribution < -0.4 is 11.5 Å². The van der Waals surface area contributed by atoms with E-state index in [9.17, 15) is 9.59 Å². The van der Waals surface area contributed by atoms with Gasteiger partial charge in [0, 0.05) is 49.9 Å². The largest absolute Gasteiger partial charge is 0.398 e. The number of nitrogens with two attached hydrogens (primary N) is 2. The summed E-state index contributed by atoms with van der Waals surface area (Å²) in [6.07, 6.45) is 1.62. The van der Waals surface area contributed by atoms with E-state index in [4.69, 9.17) is 11.5 Å². The molecule has 6 heteroatoms. The van der Waals surface area contributed by atoms with Crippen molar-refractivity contribution in [3.05, 3.63) is 29.3 Å². The lowest BCUT2D eigenvalue weighted by Gasteiger charge is -2.37. The van der Waals surface area contributed by atoms with Gasteiger partial charge in [-0.05, 0) is 24.1 Å². The first-order valence-electron chi connectivity index (χ1n) is 7.24. The summed E-state index contributed by atoms with van der Waals surface area (Å²) in [6, 6.07) is 5.55. The Hall–Kier alpha value is -2.08. The second-order valence-electron chi connectivity index (χ2n) is 5.79. The molecule has 0 bridgehead atoms. The van der Waals surface area contributed by atoms with Crippen LogP contribution in [0.25, 0.3) is 0 Å². The molecule has 4 N–H and O–H groups in total. The molecule has 0 saturated carbocycles. The fourth-order valence-electron chi connectivity index (χ4n) is 3.21. The molecule has 0 radical (unpaired) electrons. The first kappa shape index (κ1) is 13.9. The van der Waals surface area contributed by atoms with Crippen LogP contribution in [0.5, 0.6) is 0 Å². The summed E-state index contributed by atoms with van der Waals surface area (Å²) >= 11 is 0. The predicted molar refractivity (Wildman–Crippen MR) is 79.4 cm³/mol. The third-order valence-corrected chi connectivity index (χ3v) is 4.40. The minimum absolute atomic E-state index is 0.282. The van der Waals surface area contributed by atoms with Gasteiger partial charge in [0.2, 0.25) is 11.8 Å². The van der Waals surface area contributed by atoms with Crippen LogP contribution in [0.3, 0.4) is 0 Å². The molecule has 3 rings (SSSR count). The predicted octanol–water partition coefficient (Wildman–Crippen LogP) is 0.174. The van der Waals surface area contributed by atoms with Crippen LogP contribution in [0.15, 0.2) is 18.2 Å². The van der Waals surface area contributed by atoms with Crippen molar-refractivity contribution in [2.45, 2.75) is 25.4 Å². The summed E-state index contributed by atoms with van der Waals surface area (Å²) in [5.74, 6) is -0.184. The molecule has 2 aliphatic rings. The molecule has 2 heterocycles. The standard InChI is InChI=1S/C15H20N4O2/c16-13-7-10(15(17)21)1-2-11(13)8-18-5-6-19-12(9-18)3-4-14(19)20/h1-2,7,12H,3-6,8-9,16H2,(H2,17,21). The molecule has 1 atom stereocenters. The van der Waals surface area contributed by atoms with Crippen molar-refractivity contribution < 1.29 is 9.59 Å². The number of carbonyl (C=O) groups excluding carboxylic acids is 2. The topological polar surface area (TPSA) is 92.7 Å². The normalized spacial score (nSPS) is 22.4. The van der Waals surface area contributed by atoms with Gasteiger partial charge in [0.1, 0.15) is 0 Å². The van der Waals surface area contributed by atoms with Crippen LogP contribution in [0, 0.1) is 0 Å². The minimum atomic E-state index is -0.466. The fourth-order valence-corrected chi connectivity index (χ4v) is 3.21. The van der Waals surface area contributed by atoms with Crippen molar-refractivity contribution in [1.29, 1.82) is 0 Å². The number of rotatable bonds is 3. The van der Waals surface area contributed by atoms with E-state index < -0.39 is 5.91 Å². The number of hydrogen-bond acceptors (Lipinski definition) is 4. The first-order valence-corrected chi connectivity index (χ1v) is 7.24. The second-order valence-corrected chi connectivity index (χ2v) is 5.79. The zero-order valence-corrected chi connectivity index (χ0v) is 11.9. The van der Waals surface area contributed by atoms with Crippen LogP contribution in [0.4, 0.5) is 5.69 Å². The molecule has 2 saturated heterocycles. The van der Waals surface area contributed by atoms with E-state index in [0.29, 0.717) is 23.7 Å². The number of hydrogen-bond donors (Lipinski definition) is 2. The van der Waals surface area contributed by atoms with E-state index in [1.165, 1.54) is 0 Å². The number of benzene rings is 1. The molecule has 2 amide bonds. The average molecular weight is 288 g/mol. The van der Waals surface area contributed by atoms with Gasteiger partial charge in [-0.1, -0.05) is 6.07 Å². The van der Waals surface area contributed by atoms with E-state index in [0.717, 1.165) is 38.2 Å². The van der Waals surface area contributed by atoms with Gasteiger partial charge < -0.3 is 16.4 Å². The van der Waals surface area contributed by atoms with Crippen LogP contribution in [0.1, 0.15) is 28.8 Å². The third-order valence-electron chi connectivity index (χ3n) is 4.40. The highest BCUT2D eigenvalue weighted by Crippen LogP contribution is 2.25. The van der Waals surface area contributed by atoms with E-state index in [-0.39, 0.29) is 5.91 Å². The Labute approximate surface area is 123 Å². The van der Waals surface area contributed by atoms with Crippen LogP contribution >= 0.6 is 0 Å². The number of piperazine rings is 1. The summed E-state index contributed by atoms with van der Waals surface area (Å²) in [5, 5.41) is 0. The Morgan fingerprint density at radius 2 is 2.14 bits per heavy atom. The Bertz CT molecular complexity index is 587. The Morgan fingerprint density at radius 3 is 2.86 bits per heavy atom. The molecule has 6 nitrogen and oxygen atoms in total. The van der Waals surface area contributed by atoms with Gasteiger partial charge in [-0.15, -0.1) is 0 Å². The van der Waals surface area contributed by atoms with E-state index in [1.54, 1.807) is 12.1 Å². The second kappa shape index (κ2) is 5.37. The van der Waals surface area contributed by atoms with Crippen LogP contribution in [0.2, 0.25) is 0 Å². The lowest BCUT2D eigenvalue weighted by atomic mass is 10.1. The number of primary amides is 1. The average Bonchev–Trinajstić information content (AvgIpc) is 2.82. The number of nitrogens with zero attached hydrogens (tertiary/aromatic N) is 2. The number of anilines is 1. The highest BCUT2D eigenvalue weighted by atomic mass is 16.2. The van der Waals surface area contributed by atoms with Gasteiger partial charge in [0.25, 0.3) is 0 Å². The molecule has 2 fully saturated rings. The molecule has 0 aromatic heterocycles. The molecule has 21 heavy (non-hydrogen) atoms. The summed E-state index contributed by atoms with van der Waals surface area (Å²) in [6.45, 7) is 3.29. The van der Waals surface area contributed by atoms with Gasteiger partial charge in [-0.25, -0.2) is 0 Å². The zero-order chi connectivity index (χ0) is 15.0. The zero-order valence-electron chi connectivity index (χ0n) is 11.9. The van der Waals surface area contributed by atoms with Gasteiger partial charge in [-0.3, -0.25) is 14.5 Å². The first-order chi connectivity index (χ1) is 10.0. The highest BCUT2D eigenvalue weighted by molar-refractivity contribution is 5.93. The van der Waals surface area contributed by atoms with Crippen molar-refractivity contribution >= 4 is 17.5 Å². The van der Waals surface area contributed by atoms with Crippen molar-refractivity contribution in [3.8, 4) is 0 Å². The molecular formula is C15H20N4O2. The number of nitrogen functional groups attached to an aromatic ring is 1. The molecule has 0 aliphatic carbocycles. The third kappa shape index (κ3) is 2.71. The van der Waals surface area contributed by atoms with Gasteiger partial charge in [0.15, 0.2) is 0 Å². The Balaban J connectivity index is 1.67. The highest BCUT2D eigenvalue weighted by Gasteiger charge is 2.35. The molecule has 112 valence electrons. The lowest BCUT2D eigenvalue weighted by Crippen LogP contribution is -2.50. The molecule has 1 aromatic rings. The van der Waals surface area contributed by atoms with Crippen LogP contribution in [-0.2, 0) is 11.3 Å². The molecule has 1 unspecified atom stereocenters.